The lowest BCUT2D eigenvalue weighted by Gasteiger charge is -2.34. The number of aromatic nitrogens is 2. The van der Waals surface area contributed by atoms with Crippen LogP contribution in [-0.4, -0.2) is 53.5 Å². The van der Waals surface area contributed by atoms with E-state index in [0.29, 0.717) is 12.5 Å². The number of aryl methyl sites for hydroxylation is 1. The van der Waals surface area contributed by atoms with Crippen LogP contribution in [0.15, 0.2) is 17.6 Å². The summed E-state index contributed by atoms with van der Waals surface area (Å²) in [7, 11) is -2.05. The fourth-order valence-corrected chi connectivity index (χ4v) is 4.09. The van der Waals surface area contributed by atoms with Gasteiger partial charge in [0.2, 0.25) is 0 Å². The Morgan fingerprint density at radius 1 is 1.43 bits per heavy atom. The van der Waals surface area contributed by atoms with Gasteiger partial charge in [-0.3, -0.25) is 4.79 Å². The van der Waals surface area contributed by atoms with Gasteiger partial charge >= 0.3 is 0 Å². The van der Waals surface area contributed by atoms with Crippen LogP contribution in [0.3, 0.4) is 0 Å². The first-order valence-corrected chi connectivity index (χ1v) is 9.21. The van der Waals surface area contributed by atoms with E-state index in [9.17, 15) is 17.6 Å². The summed E-state index contributed by atoms with van der Waals surface area (Å²) in [5, 5.41) is 2.59. The van der Waals surface area contributed by atoms with Crippen molar-refractivity contribution in [1.82, 2.24) is 19.2 Å². The number of sulfonamides is 1. The second-order valence-electron chi connectivity index (χ2n) is 6.40. The summed E-state index contributed by atoms with van der Waals surface area (Å²) >= 11 is 0. The fourth-order valence-electron chi connectivity index (χ4n) is 2.68. The number of rotatable bonds is 5. The van der Waals surface area contributed by atoms with Crippen molar-refractivity contribution < 1.29 is 17.6 Å². The summed E-state index contributed by atoms with van der Waals surface area (Å²) in [6.07, 6.45) is 4.72. The number of nitrogens with one attached hydrogen (secondary N) is 1. The summed E-state index contributed by atoms with van der Waals surface area (Å²) in [6, 6.07) is 0. The minimum Gasteiger partial charge on any atom is -0.353 e. The highest BCUT2D eigenvalue weighted by Crippen LogP contribution is 2.31. The topological polar surface area (TPSA) is 84.3 Å². The number of carbonyl (C=O) groups excluding carboxylic acids is 1. The number of carbonyl (C=O) groups is 1. The van der Waals surface area contributed by atoms with Crippen molar-refractivity contribution in [1.29, 1.82) is 0 Å². The number of amides is 1. The van der Waals surface area contributed by atoms with Crippen LogP contribution in [0.2, 0.25) is 0 Å². The van der Waals surface area contributed by atoms with Crippen molar-refractivity contribution in [3.05, 3.63) is 12.5 Å². The van der Waals surface area contributed by atoms with Crippen molar-refractivity contribution in [3.8, 4) is 0 Å². The predicted octanol–water partition coefficient (Wildman–Crippen LogP) is 0.439. The van der Waals surface area contributed by atoms with Gasteiger partial charge < -0.3 is 9.88 Å². The zero-order valence-corrected chi connectivity index (χ0v) is 13.9. The van der Waals surface area contributed by atoms with Gasteiger partial charge in [-0.1, -0.05) is 0 Å². The molecule has 1 amide bonds. The summed E-state index contributed by atoms with van der Waals surface area (Å²) < 4.78 is 42.4. The Morgan fingerprint density at radius 3 is 2.61 bits per heavy atom. The van der Waals surface area contributed by atoms with Crippen LogP contribution >= 0.6 is 0 Å². The van der Waals surface area contributed by atoms with Crippen LogP contribution in [0.1, 0.15) is 25.7 Å². The molecule has 0 bridgehead atoms. The number of alkyl halides is 1. The maximum absolute atomic E-state index is 14.8. The zero-order chi connectivity index (χ0) is 16.7. The molecule has 1 saturated carbocycles. The Balaban J connectivity index is 1.61. The molecule has 0 unspecified atom stereocenters. The third-order valence-electron chi connectivity index (χ3n) is 4.46. The fraction of sp³-hybridized carbons (Fsp3) is 0.714. The van der Waals surface area contributed by atoms with Crippen LogP contribution < -0.4 is 5.32 Å². The number of halogens is 1. The van der Waals surface area contributed by atoms with E-state index >= 15 is 0 Å². The Morgan fingerprint density at radius 2 is 2.09 bits per heavy atom. The normalized spacial score (nSPS) is 22.0. The van der Waals surface area contributed by atoms with Crippen molar-refractivity contribution in [2.75, 3.05) is 19.6 Å². The molecule has 0 aromatic carbocycles. The highest BCUT2D eigenvalue weighted by atomic mass is 32.2. The highest BCUT2D eigenvalue weighted by Gasteiger charge is 2.44. The van der Waals surface area contributed by atoms with Crippen LogP contribution in [0, 0.1) is 5.92 Å². The number of nitrogens with zero attached hydrogens (tertiary/aromatic N) is 3. The average molecular weight is 344 g/mol. The van der Waals surface area contributed by atoms with Gasteiger partial charge in [0.1, 0.15) is 0 Å². The van der Waals surface area contributed by atoms with E-state index in [1.54, 1.807) is 11.6 Å². The maximum Gasteiger partial charge on any atom is 0.262 e. The van der Waals surface area contributed by atoms with E-state index in [4.69, 9.17) is 0 Å². The molecule has 3 rings (SSSR count). The molecule has 9 heteroatoms. The minimum absolute atomic E-state index is 0.0216. The third kappa shape index (κ3) is 3.40. The standard InChI is InChI=1S/C14H21FN4O3S/c1-18-9-12(17-10-18)23(21,22)19-6-4-14(15,5-7-19)13(20)16-8-11-2-3-11/h9-11H,2-8H2,1H3,(H,16,20). The molecule has 0 spiro atoms. The lowest BCUT2D eigenvalue weighted by molar-refractivity contribution is -0.135. The molecule has 128 valence electrons. The molecule has 1 aromatic heterocycles. The van der Waals surface area contributed by atoms with Crippen molar-refractivity contribution in [2.45, 2.75) is 36.4 Å². The van der Waals surface area contributed by atoms with E-state index in [1.807, 2.05) is 0 Å². The Hall–Kier alpha value is -1.48. The molecule has 1 aromatic rings. The van der Waals surface area contributed by atoms with E-state index in [0.717, 1.165) is 12.8 Å². The first-order valence-electron chi connectivity index (χ1n) is 7.77. The molecule has 23 heavy (non-hydrogen) atoms. The van der Waals surface area contributed by atoms with Gasteiger partial charge in [0, 0.05) is 45.7 Å². The van der Waals surface area contributed by atoms with Crippen LogP contribution in [0.25, 0.3) is 0 Å². The molecule has 1 saturated heterocycles. The number of imidazole rings is 1. The lowest BCUT2D eigenvalue weighted by Crippen LogP contribution is -2.52. The van der Waals surface area contributed by atoms with Crippen molar-refractivity contribution >= 4 is 15.9 Å². The van der Waals surface area contributed by atoms with E-state index in [1.165, 1.54) is 16.8 Å². The largest absolute Gasteiger partial charge is 0.353 e. The quantitative estimate of drug-likeness (QED) is 0.840. The van der Waals surface area contributed by atoms with Crippen molar-refractivity contribution in [3.63, 3.8) is 0 Å². The Labute approximate surface area is 134 Å². The molecule has 1 aliphatic heterocycles. The molecule has 1 aliphatic carbocycles. The van der Waals surface area contributed by atoms with E-state index in [2.05, 4.69) is 10.3 Å². The second-order valence-corrected chi connectivity index (χ2v) is 8.28. The van der Waals surface area contributed by atoms with Crippen LogP contribution in [-0.2, 0) is 21.9 Å². The molecule has 2 fully saturated rings. The Bertz CT molecular complexity index is 691. The van der Waals surface area contributed by atoms with Gasteiger partial charge in [-0.15, -0.1) is 0 Å². The molecular weight excluding hydrogens is 323 g/mol. The molecule has 0 atom stereocenters. The lowest BCUT2D eigenvalue weighted by atomic mass is 9.93. The summed E-state index contributed by atoms with van der Waals surface area (Å²) in [6.45, 7) is 0.471. The molecular formula is C14H21FN4O3S. The highest BCUT2D eigenvalue weighted by molar-refractivity contribution is 7.89. The molecule has 0 radical (unpaired) electrons. The Kier molecular flexibility index (Phi) is 4.18. The summed E-state index contributed by atoms with van der Waals surface area (Å²) in [5.41, 5.74) is -1.98. The molecule has 2 heterocycles. The molecule has 7 nitrogen and oxygen atoms in total. The van der Waals surface area contributed by atoms with E-state index < -0.39 is 21.6 Å². The number of hydrogen-bond acceptors (Lipinski definition) is 4. The first-order chi connectivity index (χ1) is 10.8. The first kappa shape index (κ1) is 16.4. The minimum atomic E-state index is -3.73. The van der Waals surface area contributed by atoms with Gasteiger partial charge in [0.15, 0.2) is 10.7 Å². The summed E-state index contributed by atoms with van der Waals surface area (Å²) in [4.78, 5) is 15.9. The second kappa shape index (κ2) is 5.86. The molecule has 1 N–H and O–H groups in total. The van der Waals surface area contributed by atoms with Gasteiger partial charge in [-0.05, 0) is 18.8 Å². The zero-order valence-electron chi connectivity index (χ0n) is 13.0. The monoisotopic (exact) mass is 344 g/mol. The van der Waals surface area contributed by atoms with Crippen LogP contribution in [0.5, 0.6) is 0 Å². The maximum atomic E-state index is 14.8. The number of piperidine rings is 1. The predicted molar refractivity (Wildman–Crippen MR) is 80.8 cm³/mol. The van der Waals surface area contributed by atoms with Gasteiger partial charge in [0.25, 0.3) is 15.9 Å². The number of hydrogen-bond donors (Lipinski definition) is 1. The van der Waals surface area contributed by atoms with Crippen LogP contribution in [0.4, 0.5) is 4.39 Å². The van der Waals surface area contributed by atoms with E-state index in [-0.39, 0.29) is 31.0 Å². The van der Waals surface area contributed by atoms with Gasteiger partial charge in [0.05, 0.1) is 6.33 Å². The average Bonchev–Trinajstić information content (AvgIpc) is 3.24. The van der Waals surface area contributed by atoms with Crippen molar-refractivity contribution in [2.24, 2.45) is 13.0 Å². The smallest absolute Gasteiger partial charge is 0.262 e. The summed E-state index contributed by atoms with van der Waals surface area (Å²) in [5.74, 6) is -0.133. The van der Waals surface area contributed by atoms with Gasteiger partial charge in [-0.2, -0.15) is 4.31 Å². The SMILES string of the molecule is Cn1cnc(S(=O)(=O)N2CCC(F)(C(=O)NCC3CC3)CC2)c1. The van der Waals surface area contributed by atoms with Gasteiger partial charge in [-0.25, -0.2) is 17.8 Å². The third-order valence-corrected chi connectivity index (χ3v) is 6.24. The molecule has 2 aliphatic rings.